The minimum atomic E-state index is -2.78. The zero-order valence-electron chi connectivity index (χ0n) is 8.71. The Morgan fingerprint density at radius 2 is 1.69 bits per heavy atom. The van der Waals surface area contributed by atoms with Crippen LogP contribution in [-0.2, 0) is 5.92 Å². The molecule has 0 amide bonds. The van der Waals surface area contributed by atoms with Gasteiger partial charge in [-0.1, -0.05) is 30.3 Å². The molecule has 0 radical (unpaired) electrons. The smallest absolute Gasteiger partial charge is 0.201 e. The van der Waals surface area contributed by atoms with E-state index in [1.165, 1.54) is 12.1 Å². The highest BCUT2D eigenvalue weighted by Crippen LogP contribution is 2.79. The van der Waals surface area contributed by atoms with Crippen molar-refractivity contribution in [2.24, 2.45) is 10.8 Å². The first-order chi connectivity index (χ1) is 7.54. The van der Waals surface area contributed by atoms with Crippen LogP contribution >= 0.6 is 0 Å². The molecule has 0 aromatic heterocycles. The van der Waals surface area contributed by atoms with Crippen LogP contribution in [0.1, 0.15) is 24.8 Å². The zero-order valence-corrected chi connectivity index (χ0v) is 8.71. The second-order valence-corrected chi connectivity index (χ2v) is 5.14. The molecule has 0 N–H and O–H groups in total. The molecule has 1 aromatic carbocycles. The molecule has 3 aliphatic rings. The van der Waals surface area contributed by atoms with Gasteiger partial charge in [-0.2, -0.15) is 5.26 Å². The Hall–Kier alpha value is -1.43. The van der Waals surface area contributed by atoms with E-state index in [-0.39, 0.29) is 5.56 Å². The molecule has 82 valence electrons. The Balaban J connectivity index is 1.90. The summed E-state index contributed by atoms with van der Waals surface area (Å²) in [5, 5.41) is 8.84. The standard InChI is InChI=1S/C13H11F2N/c14-13(15,10-4-2-1-3-5-10)12-6-11(7-12,8-12)9-16/h1-5H,6-8H2. The summed E-state index contributed by atoms with van der Waals surface area (Å²) in [6.45, 7) is 0. The highest BCUT2D eigenvalue weighted by atomic mass is 19.3. The summed E-state index contributed by atoms with van der Waals surface area (Å²) in [5.74, 6) is -2.78. The van der Waals surface area contributed by atoms with Crippen LogP contribution in [0.15, 0.2) is 30.3 Å². The van der Waals surface area contributed by atoms with Crippen molar-refractivity contribution in [1.29, 1.82) is 5.26 Å². The van der Waals surface area contributed by atoms with Crippen LogP contribution in [0.2, 0.25) is 0 Å². The van der Waals surface area contributed by atoms with E-state index in [1.807, 2.05) is 0 Å². The summed E-state index contributed by atoms with van der Waals surface area (Å²) in [6, 6.07) is 10.1. The number of alkyl halides is 2. The summed E-state index contributed by atoms with van der Waals surface area (Å²) in [5.41, 5.74) is -1.26. The van der Waals surface area contributed by atoms with Crippen molar-refractivity contribution >= 4 is 0 Å². The van der Waals surface area contributed by atoms with Crippen molar-refractivity contribution in [2.75, 3.05) is 0 Å². The van der Waals surface area contributed by atoms with Gasteiger partial charge in [-0.25, -0.2) is 8.78 Å². The number of hydrogen-bond acceptors (Lipinski definition) is 1. The van der Waals surface area contributed by atoms with Crippen LogP contribution in [0.4, 0.5) is 8.78 Å². The van der Waals surface area contributed by atoms with Crippen LogP contribution in [0.25, 0.3) is 0 Å². The molecule has 4 rings (SSSR count). The predicted octanol–water partition coefficient (Wildman–Crippen LogP) is 3.47. The Labute approximate surface area is 92.7 Å². The van der Waals surface area contributed by atoms with E-state index < -0.39 is 16.8 Å². The Morgan fingerprint density at radius 3 is 2.19 bits per heavy atom. The van der Waals surface area contributed by atoms with E-state index in [2.05, 4.69) is 6.07 Å². The lowest BCUT2D eigenvalue weighted by Crippen LogP contribution is -2.67. The van der Waals surface area contributed by atoms with Gasteiger partial charge in [0.2, 0.25) is 0 Å². The van der Waals surface area contributed by atoms with E-state index in [4.69, 9.17) is 5.26 Å². The van der Waals surface area contributed by atoms with Crippen molar-refractivity contribution in [2.45, 2.75) is 25.2 Å². The summed E-state index contributed by atoms with van der Waals surface area (Å²) in [7, 11) is 0. The van der Waals surface area contributed by atoms with Crippen LogP contribution < -0.4 is 0 Å². The largest absolute Gasteiger partial charge is 0.278 e. The Bertz CT molecular complexity index is 453. The number of benzene rings is 1. The van der Waals surface area contributed by atoms with Crippen molar-refractivity contribution in [3.05, 3.63) is 35.9 Å². The van der Waals surface area contributed by atoms with Crippen molar-refractivity contribution in [3.63, 3.8) is 0 Å². The first-order valence-electron chi connectivity index (χ1n) is 5.38. The number of rotatable bonds is 2. The van der Waals surface area contributed by atoms with Gasteiger partial charge in [0.1, 0.15) is 0 Å². The van der Waals surface area contributed by atoms with Crippen molar-refractivity contribution in [3.8, 4) is 6.07 Å². The molecule has 1 aromatic rings. The normalized spacial score (nSPS) is 35.8. The molecule has 0 heterocycles. The van der Waals surface area contributed by atoms with Crippen LogP contribution in [-0.4, -0.2) is 0 Å². The molecule has 0 spiro atoms. The van der Waals surface area contributed by atoms with E-state index in [0.717, 1.165) is 0 Å². The molecule has 0 unspecified atom stereocenters. The number of nitriles is 1. The fourth-order valence-corrected chi connectivity index (χ4v) is 3.19. The second-order valence-electron chi connectivity index (χ2n) is 5.14. The third-order valence-corrected chi connectivity index (χ3v) is 4.07. The molecule has 1 nitrogen and oxygen atoms in total. The lowest BCUT2D eigenvalue weighted by molar-refractivity contribution is -0.300. The molecule has 3 saturated carbocycles. The van der Waals surface area contributed by atoms with Crippen LogP contribution in [0.3, 0.4) is 0 Å². The quantitative estimate of drug-likeness (QED) is 0.747. The van der Waals surface area contributed by atoms with E-state index in [0.29, 0.717) is 19.3 Å². The topological polar surface area (TPSA) is 23.8 Å². The van der Waals surface area contributed by atoms with Gasteiger partial charge in [0.05, 0.1) is 11.5 Å². The van der Waals surface area contributed by atoms with Crippen molar-refractivity contribution in [1.82, 2.24) is 0 Å². The summed E-state index contributed by atoms with van der Waals surface area (Å²) < 4.78 is 28.4. The molecular formula is C13H11F2N. The van der Waals surface area contributed by atoms with Gasteiger partial charge in [-0.05, 0) is 19.3 Å². The van der Waals surface area contributed by atoms with Gasteiger partial charge in [0.25, 0.3) is 5.92 Å². The van der Waals surface area contributed by atoms with E-state index in [1.54, 1.807) is 18.2 Å². The first-order valence-corrected chi connectivity index (χ1v) is 5.38. The van der Waals surface area contributed by atoms with Gasteiger partial charge in [0, 0.05) is 11.0 Å². The molecule has 0 atom stereocenters. The maximum atomic E-state index is 14.2. The first kappa shape index (κ1) is 9.77. The number of halogens is 2. The number of nitrogens with zero attached hydrogens (tertiary/aromatic N) is 1. The second kappa shape index (κ2) is 2.63. The lowest BCUT2D eigenvalue weighted by atomic mass is 9.33. The van der Waals surface area contributed by atoms with E-state index in [9.17, 15) is 8.78 Å². The minimum absolute atomic E-state index is 0.0845. The highest BCUT2D eigenvalue weighted by Gasteiger charge is 2.78. The number of hydrogen-bond donors (Lipinski definition) is 0. The van der Waals surface area contributed by atoms with E-state index >= 15 is 0 Å². The average Bonchev–Trinajstić information content (AvgIpc) is 2.15. The molecule has 3 heteroatoms. The lowest BCUT2D eigenvalue weighted by Gasteiger charge is -2.69. The highest BCUT2D eigenvalue weighted by molar-refractivity contribution is 5.34. The summed E-state index contributed by atoms with van der Waals surface area (Å²) >= 11 is 0. The zero-order chi connectivity index (χ0) is 11.4. The minimum Gasteiger partial charge on any atom is -0.201 e. The molecule has 3 aliphatic carbocycles. The fraction of sp³-hybridized carbons (Fsp3) is 0.462. The molecule has 16 heavy (non-hydrogen) atoms. The summed E-state index contributed by atoms with van der Waals surface area (Å²) in [6.07, 6.45) is 1.08. The van der Waals surface area contributed by atoms with Crippen LogP contribution in [0, 0.1) is 22.2 Å². The maximum Gasteiger partial charge on any atom is 0.278 e. The van der Waals surface area contributed by atoms with Gasteiger partial charge in [-0.15, -0.1) is 0 Å². The Kier molecular flexibility index (Phi) is 1.60. The molecular weight excluding hydrogens is 208 g/mol. The molecule has 0 saturated heterocycles. The van der Waals surface area contributed by atoms with Gasteiger partial charge in [0.15, 0.2) is 0 Å². The Morgan fingerprint density at radius 1 is 1.12 bits per heavy atom. The van der Waals surface area contributed by atoms with Gasteiger partial charge in [-0.3, -0.25) is 0 Å². The maximum absolute atomic E-state index is 14.2. The monoisotopic (exact) mass is 219 g/mol. The van der Waals surface area contributed by atoms with Gasteiger partial charge >= 0.3 is 0 Å². The third-order valence-electron chi connectivity index (χ3n) is 4.07. The van der Waals surface area contributed by atoms with Crippen molar-refractivity contribution < 1.29 is 8.78 Å². The fourth-order valence-electron chi connectivity index (χ4n) is 3.19. The predicted molar refractivity (Wildman–Crippen MR) is 54.7 cm³/mol. The van der Waals surface area contributed by atoms with Gasteiger partial charge < -0.3 is 0 Å². The molecule has 2 bridgehead atoms. The summed E-state index contributed by atoms with van der Waals surface area (Å²) in [4.78, 5) is 0. The SMILES string of the molecule is N#CC12CC(C(F)(F)c3ccccc3)(C1)C2. The molecule has 3 fully saturated rings. The van der Waals surface area contributed by atoms with Crippen LogP contribution in [0.5, 0.6) is 0 Å². The average molecular weight is 219 g/mol. The third kappa shape index (κ3) is 0.929. The molecule has 0 aliphatic heterocycles.